The van der Waals surface area contributed by atoms with Gasteiger partial charge < -0.3 is 9.47 Å². The first-order valence-electron chi connectivity index (χ1n) is 7.73. The van der Waals surface area contributed by atoms with Crippen molar-refractivity contribution in [2.45, 2.75) is 51.5 Å². The SMILES string of the molecule is O=C1CCCc2cn(CC(=O)N3CCCCCC3)cc21. The minimum Gasteiger partial charge on any atom is -0.344 e. The first-order chi connectivity index (χ1) is 9.74. The van der Waals surface area contributed by atoms with Gasteiger partial charge in [-0.3, -0.25) is 9.59 Å². The Morgan fingerprint density at radius 1 is 1.00 bits per heavy atom. The number of aromatic nitrogens is 1. The smallest absolute Gasteiger partial charge is 0.242 e. The van der Waals surface area contributed by atoms with Crippen LogP contribution in [0, 0.1) is 0 Å². The summed E-state index contributed by atoms with van der Waals surface area (Å²) in [7, 11) is 0. The highest BCUT2D eigenvalue weighted by molar-refractivity contribution is 5.98. The number of nitrogens with zero attached hydrogens (tertiary/aromatic N) is 2. The average Bonchev–Trinajstić information content (AvgIpc) is 2.67. The van der Waals surface area contributed by atoms with E-state index in [2.05, 4.69) is 0 Å². The van der Waals surface area contributed by atoms with Crippen LogP contribution in [0.5, 0.6) is 0 Å². The van der Waals surface area contributed by atoms with E-state index >= 15 is 0 Å². The number of hydrogen-bond donors (Lipinski definition) is 0. The number of fused-ring (bicyclic) bond motifs is 1. The molecule has 1 aliphatic heterocycles. The average molecular weight is 274 g/mol. The standard InChI is InChI=1S/C16H22N2O2/c19-15-7-5-6-13-10-17(11-14(13)15)12-16(20)18-8-3-1-2-4-9-18/h10-11H,1-9,12H2. The van der Waals surface area contributed by atoms with Crippen LogP contribution >= 0.6 is 0 Å². The largest absolute Gasteiger partial charge is 0.344 e. The fourth-order valence-corrected chi connectivity index (χ4v) is 3.25. The van der Waals surface area contributed by atoms with Gasteiger partial charge in [0.1, 0.15) is 6.54 Å². The van der Waals surface area contributed by atoms with Crippen molar-refractivity contribution in [1.29, 1.82) is 0 Å². The molecule has 0 saturated carbocycles. The summed E-state index contributed by atoms with van der Waals surface area (Å²) < 4.78 is 1.90. The second kappa shape index (κ2) is 5.81. The van der Waals surface area contributed by atoms with Crippen molar-refractivity contribution in [1.82, 2.24) is 9.47 Å². The summed E-state index contributed by atoms with van der Waals surface area (Å²) in [5, 5.41) is 0. The molecular formula is C16H22N2O2. The molecule has 1 aromatic rings. The molecular weight excluding hydrogens is 252 g/mol. The summed E-state index contributed by atoms with van der Waals surface area (Å²) in [6, 6.07) is 0. The normalized spacial score (nSPS) is 19.6. The van der Waals surface area contributed by atoms with Crippen LogP contribution in [0.2, 0.25) is 0 Å². The van der Waals surface area contributed by atoms with Crippen LogP contribution in [0.15, 0.2) is 12.4 Å². The molecule has 108 valence electrons. The van der Waals surface area contributed by atoms with E-state index < -0.39 is 0 Å². The zero-order chi connectivity index (χ0) is 13.9. The Kier molecular flexibility index (Phi) is 3.90. The molecule has 0 N–H and O–H groups in total. The summed E-state index contributed by atoms with van der Waals surface area (Å²) in [6.07, 6.45) is 11.1. The van der Waals surface area contributed by atoms with Crippen LogP contribution < -0.4 is 0 Å². The van der Waals surface area contributed by atoms with Crippen molar-refractivity contribution in [3.63, 3.8) is 0 Å². The Bertz CT molecular complexity index is 511. The van der Waals surface area contributed by atoms with Crippen LogP contribution in [-0.4, -0.2) is 34.2 Å². The Hall–Kier alpha value is -1.58. The van der Waals surface area contributed by atoms with Crippen molar-refractivity contribution in [2.75, 3.05) is 13.1 Å². The fraction of sp³-hybridized carbons (Fsp3) is 0.625. The quantitative estimate of drug-likeness (QED) is 0.831. The molecule has 20 heavy (non-hydrogen) atoms. The molecule has 0 bridgehead atoms. The maximum absolute atomic E-state index is 12.3. The van der Waals surface area contributed by atoms with E-state index in [1.807, 2.05) is 21.9 Å². The lowest BCUT2D eigenvalue weighted by molar-refractivity contribution is -0.131. The number of hydrogen-bond acceptors (Lipinski definition) is 2. The molecule has 2 aliphatic rings. The molecule has 3 rings (SSSR count). The third kappa shape index (κ3) is 2.79. The van der Waals surface area contributed by atoms with Crippen molar-refractivity contribution in [2.24, 2.45) is 0 Å². The number of rotatable bonds is 2. The molecule has 4 nitrogen and oxygen atoms in total. The van der Waals surface area contributed by atoms with Gasteiger partial charge in [0.05, 0.1) is 0 Å². The highest BCUT2D eigenvalue weighted by atomic mass is 16.2. The zero-order valence-electron chi connectivity index (χ0n) is 11.9. The monoisotopic (exact) mass is 274 g/mol. The second-order valence-electron chi connectivity index (χ2n) is 5.94. The summed E-state index contributed by atoms with van der Waals surface area (Å²) in [6.45, 7) is 2.15. The second-order valence-corrected chi connectivity index (χ2v) is 5.94. The van der Waals surface area contributed by atoms with Gasteiger partial charge >= 0.3 is 0 Å². The van der Waals surface area contributed by atoms with Gasteiger partial charge in [-0.2, -0.15) is 0 Å². The molecule has 0 aromatic carbocycles. The number of carbonyl (C=O) groups excluding carboxylic acids is 2. The highest BCUT2D eigenvalue weighted by Gasteiger charge is 2.21. The number of likely N-dealkylation sites (tertiary alicyclic amines) is 1. The molecule has 1 saturated heterocycles. The van der Waals surface area contributed by atoms with Crippen LogP contribution in [0.3, 0.4) is 0 Å². The van der Waals surface area contributed by atoms with Crippen molar-refractivity contribution in [3.05, 3.63) is 23.5 Å². The van der Waals surface area contributed by atoms with E-state index in [4.69, 9.17) is 0 Å². The zero-order valence-corrected chi connectivity index (χ0v) is 11.9. The van der Waals surface area contributed by atoms with Crippen LogP contribution in [0.4, 0.5) is 0 Å². The third-order valence-electron chi connectivity index (χ3n) is 4.39. The minimum absolute atomic E-state index is 0.187. The predicted molar refractivity (Wildman–Crippen MR) is 76.7 cm³/mol. The molecule has 0 spiro atoms. The molecule has 1 fully saturated rings. The third-order valence-corrected chi connectivity index (χ3v) is 4.39. The minimum atomic E-state index is 0.187. The van der Waals surface area contributed by atoms with E-state index in [-0.39, 0.29) is 11.7 Å². The Labute approximate surface area is 119 Å². The highest BCUT2D eigenvalue weighted by Crippen LogP contribution is 2.22. The number of Topliss-reactive ketones (excluding diaryl/α,β-unsaturated/α-hetero) is 1. The fourth-order valence-electron chi connectivity index (χ4n) is 3.25. The lowest BCUT2D eigenvalue weighted by atomic mass is 9.95. The molecule has 1 aliphatic carbocycles. The Balaban J connectivity index is 1.68. The molecule has 2 heterocycles. The first kappa shape index (κ1) is 13.4. The summed E-state index contributed by atoms with van der Waals surface area (Å²) in [4.78, 5) is 26.1. The lowest BCUT2D eigenvalue weighted by Gasteiger charge is -2.20. The van der Waals surface area contributed by atoms with Gasteiger partial charge in [-0.25, -0.2) is 0 Å². The summed E-state index contributed by atoms with van der Waals surface area (Å²) >= 11 is 0. The van der Waals surface area contributed by atoms with Gasteiger partial charge in [-0.1, -0.05) is 12.8 Å². The maximum Gasteiger partial charge on any atom is 0.242 e. The molecule has 0 atom stereocenters. The number of carbonyl (C=O) groups is 2. The Morgan fingerprint density at radius 2 is 1.75 bits per heavy atom. The van der Waals surface area contributed by atoms with E-state index in [0.717, 1.165) is 49.9 Å². The van der Waals surface area contributed by atoms with Gasteiger partial charge in [-0.15, -0.1) is 0 Å². The van der Waals surface area contributed by atoms with Gasteiger partial charge in [0.15, 0.2) is 5.78 Å². The van der Waals surface area contributed by atoms with Crippen LogP contribution in [0.1, 0.15) is 54.4 Å². The molecule has 4 heteroatoms. The maximum atomic E-state index is 12.3. The van der Waals surface area contributed by atoms with Crippen LogP contribution in [0.25, 0.3) is 0 Å². The summed E-state index contributed by atoms with van der Waals surface area (Å²) in [5.41, 5.74) is 1.95. The number of aryl methyl sites for hydroxylation is 1. The predicted octanol–water partition coefficient (Wildman–Crippen LogP) is 2.41. The van der Waals surface area contributed by atoms with Gasteiger partial charge in [0, 0.05) is 37.5 Å². The van der Waals surface area contributed by atoms with Crippen molar-refractivity contribution < 1.29 is 9.59 Å². The summed E-state index contributed by atoms with van der Waals surface area (Å²) in [5.74, 6) is 0.416. The van der Waals surface area contributed by atoms with Crippen molar-refractivity contribution >= 4 is 11.7 Å². The number of ketones is 1. The topological polar surface area (TPSA) is 42.3 Å². The van der Waals surface area contributed by atoms with Gasteiger partial charge in [-0.05, 0) is 31.2 Å². The van der Waals surface area contributed by atoms with E-state index in [1.54, 1.807) is 0 Å². The van der Waals surface area contributed by atoms with Gasteiger partial charge in [0.2, 0.25) is 5.91 Å². The van der Waals surface area contributed by atoms with Crippen molar-refractivity contribution in [3.8, 4) is 0 Å². The molecule has 1 aromatic heterocycles. The van der Waals surface area contributed by atoms with E-state index in [1.165, 1.54) is 12.8 Å². The molecule has 0 unspecified atom stereocenters. The Morgan fingerprint density at radius 3 is 2.45 bits per heavy atom. The first-order valence-corrected chi connectivity index (χ1v) is 7.73. The van der Waals surface area contributed by atoms with E-state index in [9.17, 15) is 9.59 Å². The lowest BCUT2D eigenvalue weighted by Crippen LogP contribution is -2.34. The van der Waals surface area contributed by atoms with E-state index in [0.29, 0.717) is 13.0 Å². The van der Waals surface area contributed by atoms with Crippen LogP contribution in [-0.2, 0) is 17.8 Å². The molecule has 1 amide bonds. The molecule has 0 radical (unpaired) electrons. The van der Waals surface area contributed by atoms with Gasteiger partial charge in [0.25, 0.3) is 0 Å². The number of amides is 1.